The lowest BCUT2D eigenvalue weighted by Gasteiger charge is -2.19. The van der Waals surface area contributed by atoms with Crippen LogP contribution in [0.3, 0.4) is 0 Å². The molecule has 3 aromatic rings. The molecule has 0 atom stereocenters. The molecule has 0 saturated carbocycles. The number of nitrogens with zero attached hydrogens (tertiary/aromatic N) is 4. The van der Waals surface area contributed by atoms with Gasteiger partial charge in [-0.25, -0.2) is 9.50 Å². The van der Waals surface area contributed by atoms with E-state index in [4.69, 9.17) is 22.7 Å². The molecule has 4 rings (SSSR count). The highest BCUT2D eigenvalue weighted by Crippen LogP contribution is 2.30. The molecule has 0 saturated heterocycles. The first-order chi connectivity index (χ1) is 12.9. The molecule has 3 heterocycles. The predicted molar refractivity (Wildman–Crippen MR) is 104 cm³/mol. The van der Waals surface area contributed by atoms with Crippen molar-refractivity contribution in [2.45, 2.75) is 40.8 Å². The second-order valence-corrected chi connectivity index (χ2v) is 6.92. The Morgan fingerprint density at radius 1 is 1.26 bits per heavy atom. The van der Waals surface area contributed by atoms with E-state index in [9.17, 15) is 4.79 Å². The fraction of sp³-hybridized carbons (Fsp3) is 0.350. The van der Waals surface area contributed by atoms with Crippen LogP contribution in [-0.4, -0.2) is 39.9 Å². The minimum absolute atomic E-state index is 0.109. The van der Waals surface area contributed by atoms with E-state index < -0.39 is 0 Å². The number of amides is 1. The smallest absolute Gasteiger partial charge is 0.258 e. The molecule has 1 aliphatic rings. The first-order valence-corrected chi connectivity index (χ1v) is 9.06. The fourth-order valence-corrected chi connectivity index (χ4v) is 3.52. The number of hydrogen-bond donors (Lipinski definition) is 0. The SMILES string of the molecule is [B]c1ccc(OCC)c(C(=O)N2Cc3nn4c(C)c(C)c(C)nc4c3C2)c1. The van der Waals surface area contributed by atoms with Gasteiger partial charge >= 0.3 is 0 Å². The van der Waals surface area contributed by atoms with Gasteiger partial charge in [-0.15, -0.1) is 0 Å². The van der Waals surface area contributed by atoms with Crippen LogP contribution in [0.2, 0.25) is 0 Å². The van der Waals surface area contributed by atoms with Gasteiger partial charge in [0.15, 0.2) is 5.65 Å². The normalized spacial score (nSPS) is 13.3. The Kier molecular flexibility index (Phi) is 4.17. The minimum Gasteiger partial charge on any atom is -0.493 e. The summed E-state index contributed by atoms with van der Waals surface area (Å²) in [7, 11) is 5.89. The summed E-state index contributed by atoms with van der Waals surface area (Å²) in [5.74, 6) is 0.443. The summed E-state index contributed by atoms with van der Waals surface area (Å²) in [5, 5.41) is 4.70. The molecule has 6 nitrogen and oxygen atoms in total. The van der Waals surface area contributed by atoms with Crippen LogP contribution in [0.25, 0.3) is 5.65 Å². The van der Waals surface area contributed by atoms with Gasteiger partial charge in [0.25, 0.3) is 5.91 Å². The van der Waals surface area contributed by atoms with Gasteiger partial charge in [-0.2, -0.15) is 5.10 Å². The van der Waals surface area contributed by atoms with Crippen molar-refractivity contribution in [1.82, 2.24) is 19.5 Å². The average molecular weight is 360 g/mol. The van der Waals surface area contributed by atoms with Gasteiger partial charge in [0.1, 0.15) is 13.6 Å². The van der Waals surface area contributed by atoms with E-state index in [-0.39, 0.29) is 5.91 Å². The topological polar surface area (TPSA) is 59.7 Å². The molecule has 1 aliphatic heterocycles. The third kappa shape index (κ3) is 2.78. The molecule has 27 heavy (non-hydrogen) atoms. The van der Waals surface area contributed by atoms with Gasteiger partial charge in [0.05, 0.1) is 31.0 Å². The Balaban J connectivity index is 1.70. The first kappa shape index (κ1) is 17.6. The van der Waals surface area contributed by atoms with Gasteiger partial charge < -0.3 is 9.64 Å². The van der Waals surface area contributed by atoms with Crippen LogP contribution >= 0.6 is 0 Å². The van der Waals surface area contributed by atoms with E-state index >= 15 is 0 Å². The Morgan fingerprint density at radius 2 is 2.04 bits per heavy atom. The maximum Gasteiger partial charge on any atom is 0.258 e. The highest BCUT2D eigenvalue weighted by Gasteiger charge is 2.31. The standard InChI is InChI=1S/C20H21BN4O2/c1-5-27-18-7-6-14(21)8-15(18)20(26)24-9-16-17(10-24)23-25-13(4)11(2)12(3)22-19(16)25/h6-8H,5,9-10H2,1-4H3. The zero-order chi connectivity index (χ0) is 19.3. The molecule has 0 N–H and O–H groups in total. The van der Waals surface area contributed by atoms with Gasteiger partial charge in [-0.1, -0.05) is 17.6 Å². The predicted octanol–water partition coefficient (Wildman–Crippen LogP) is 2.00. The van der Waals surface area contributed by atoms with E-state index in [2.05, 4.69) is 6.92 Å². The Labute approximate surface area is 159 Å². The Hall–Kier alpha value is -2.83. The maximum atomic E-state index is 13.1. The van der Waals surface area contributed by atoms with Crippen LogP contribution in [0.1, 0.15) is 45.5 Å². The van der Waals surface area contributed by atoms with Crippen molar-refractivity contribution in [3.8, 4) is 5.75 Å². The summed E-state index contributed by atoms with van der Waals surface area (Å²) in [4.78, 5) is 19.6. The summed E-state index contributed by atoms with van der Waals surface area (Å²) in [5.41, 5.74) is 6.96. The van der Waals surface area contributed by atoms with Gasteiger partial charge in [0.2, 0.25) is 0 Å². The summed E-state index contributed by atoms with van der Waals surface area (Å²) in [6, 6.07) is 5.16. The highest BCUT2D eigenvalue weighted by molar-refractivity contribution is 6.32. The summed E-state index contributed by atoms with van der Waals surface area (Å²) in [6.07, 6.45) is 0. The van der Waals surface area contributed by atoms with Gasteiger partial charge in [-0.05, 0) is 39.3 Å². The number of carbonyl (C=O) groups excluding carboxylic acids is 1. The Bertz CT molecular complexity index is 1070. The third-order valence-corrected chi connectivity index (χ3v) is 5.23. The lowest BCUT2D eigenvalue weighted by Crippen LogP contribution is -2.27. The first-order valence-electron chi connectivity index (χ1n) is 9.06. The quantitative estimate of drug-likeness (QED) is 0.671. The molecule has 1 amide bonds. The van der Waals surface area contributed by atoms with Gasteiger partial charge in [0, 0.05) is 17.0 Å². The van der Waals surface area contributed by atoms with Crippen LogP contribution in [0.5, 0.6) is 5.75 Å². The molecule has 0 spiro atoms. The molecule has 2 radical (unpaired) electrons. The molecular weight excluding hydrogens is 339 g/mol. The number of aryl methyl sites for hydroxylation is 2. The lowest BCUT2D eigenvalue weighted by atomic mass is 9.93. The van der Waals surface area contributed by atoms with E-state index in [0.717, 1.165) is 33.9 Å². The van der Waals surface area contributed by atoms with E-state index in [1.54, 1.807) is 23.1 Å². The highest BCUT2D eigenvalue weighted by atomic mass is 16.5. The van der Waals surface area contributed by atoms with Crippen molar-refractivity contribution >= 4 is 24.9 Å². The molecule has 0 fully saturated rings. The summed E-state index contributed by atoms with van der Waals surface area (Å²) >= 11 is 0. The number of carbonyl (C=O) groups is 1. The van der Waals surface area contributed by atoms with E-state index in [1.807, 2.05) is 25.3 Å². The minimum atomic E-state index is -0.109. The molecule has 1 aromatic carbocycles. The molecule has 0 bridgehead atoms. The van der Waals surface area contributed by atoms with E-state index in [0.29, 0.717) is 36.5 Å². The summed E-state index contributed by atoms with van der Waals surface area (Å²) < 4.78 is 7.50. The fourth-order valence-electron chi connectivity index (χ4n) is 3.52. The van der Waals surface area contributed by atoms with Crippen molar-refractivity contribution in [2.24, 2.45) is 0 Å². The van der Waals surface area contributed by atoms with Crippen LogP contribution in [0.15, 0.2) is 18.2 Å². The third-order valence-electron chi connectivity index (χ3n) is 5.23. The number of ether oxygens (including phenoxy) is 1. The average Bonchev–Trinajstić information content (AvgIpc) is 3.20. The second kappa shape index (κ2) is 6.41. The monoisotopic (exact) mass is 360 g/mol. The molecule has 136 valence electrons. The van der Waals surface area contributed by atoms with Gasteiger partial charge in [-0.3, -0.25) is 4.79 Å². The maximum absolute atomic E-state index is 13.1. The van der Waals surface area contributed by atoms with Crippen LogP contribution in [-0.2, 0) is 13.1 Å². The van der Waals surface area contributed by atoms with Crippen LogP contribution < -0.4 is 10.2 Å². The lowest BCUT2D eigenvalue weighted by molar-refractivity contribution is 0.0745. The molecular formula is C20H21BN4O2. The number of rotatable bonds is 3. The largest absolute Gasteiger partial charge is 0.493 e. The van der Waals surface area contributed by atoms with Crippen molar-refractivity contribution in [3.05, 3.63) is 52.0 Å². The zero-order valence-electron chi connectivity index (χ0n) is 16.0. The van der Waals surface area contributed by atoms with Crippen molar-refractivity contribution < 1.29 is 9.53 Å². The van der Waals surface area contributed by atoms with Crippen molar-refractivity contribution in [2.75, 3.05) is 6.61 Å². The van der Waals surface area contributed by atoms with Crippen molar-refractivity contribution in [1.29, 1.82) is 0 Å². The second-order valence-electron chi connectivity index (χ2n) is 6.92. The number of hydrogen-bond acceptors (Lipinski definition) is 4. The number of aromatic nitrogens is 3. The zero-order valence-corrected chi connectivity index (χ0v) is 16.0. The molecule has 2 aromatic heterocycles. The Morgan fingerprint density at radius 3 is 2.78 bits per heavy atom. The van der Waals surface area contributed by atoms with E-state index in [1.165, 1.54) is 0 Å². The van der Waals surface area contributed by atoms with Crippen LogP contribution in [0, 0.1) is 20.8 Å². The number of fused-ring (bicyclic) bond motifs is 3. The molecule has 0 unspecified atom stereocenters. The molecule has 7 heteroatoms. The summed E-state index contributed by atoms with van der Waals surface area (Å²) in [6.45, 7) is 9.41. The van der Waals surface area contributed by atoms with Crippen molar-refractivity contribution in [3.63, 3.8) is 0 Å². The number of benzene rings is 1. The molecule has 0 aliphatic carbocycles. The van der Waals surface area contributed by atoms with Crippen LogP contribution in [0.4, 0.5) is 0 Å².